The quantitative estimate of drug-likeness (QED) is 0.733. The van der Waals surface area contributed by atoms with Crippen molar-refractivity contribution >= 4 is 11.3 Å². The largest absolute Gasteiger partial charge is 0.374 e. The summed E-state index contributed by atoms with van der Waals surface area (Å²) in [5, 5.41) is 4.70. The van der Waals surface area contributed by atoms with E-state index in [-0.39, 0.29) is 0 Å². The highest BCUT2D eigenvalue weighted by Gasteiger charge is 2.22. The third-order valence-electron chi connectivity index (χ3n) is 3.02. The van der Waals surface area contributed by atoms with Gasteiger partial charge < -0.3 is 10.1 Å². The van der Waals surface area contributed by atoms with Crippen molar-refractivity contribution in [2.75, 3.05) is 6.61 Å². The van der Waals surface area contributed by atoms with E-state index in [1.807, 2.05) is 11.3 Å². The van der Waals surface area contributed by atoms with Gasteiger partial charge in [-0.1, -0.05) is 20.8 Å². The molecule has 18 heavy (non-hydrogen) atoms. The zero-order valence-corrected chi connectivity index (χ0v) is 12.5. The van der Waals surface area contributed by atoms with Crippen LogP contribution in [0, 0.1) is 0 Å². The first kappa shape index (κ1) is 14.0. The van der Waals surface area contributed by atoms with E-state index < -0.39 is 0 Å². The van der Waals surface area contributed by atoms with Crippen molar-refractivity contribution < 1.29 is 4.74 Å². The van der Waals surface area contributed by atoms with Crippen LogP contribution < -0.4 is 5.32 Å². The molecular weight excluding hydrogens is 244 g/mol. The van der Waals surface area contributed by atoms with Gasteiger partial charge in [0.25, 0.3) is 0 Å². The predicted octanol–water partition coefficient (Wildman–Crippen LogP) is 3.45. The van der Waals surface area contributed by atoms with Crippen LogP contribution >= 0.6 is 11.3 Å². The van der Waals surface area contributed by atoms with Crippen LogP contribution in [0.5, 0.6) is 0 Å². The molecule has 1 N–H and O–H groups in total. The average molecular weight is 268 g/mol. The molecule has 1 aromatic rings. The third-order valence-corrected chi connectivity index (χ3v) is 4.07. The molecular formula is C14H24N2OS. The van der Waals surface area contributed by atoms with Crippen LogP contribution in [-0.4, -0.2) is 17.6 Å². The van der Waals surface area contributed by atoms with Crippen molar-refractivity contribution in [2.45, 2.75) is 65.1 Å². The normalized spacial score (nSPS) is 15.6. The summed E-state index contributed by atoms with van der Waals surface area (Å²) >= 11 is 1.81. The summed E-state index contributed by atoms with van der Waals surface area (Å²) in [4.78, 5) is 6.13. The van der Waals surface area contributed by atoms with E-state index >= 15 is 0 Å². The SMILES string of the molecule is CCCOCc1nc(C(C)C)c(CNC2CC2)s1. The van der Waals surface area contributed by atoms with Gasteiger partial charge in [-0.3, -0.25) is 0 Å². The minimum absolute atomic E-state index is 0.497. The van der Waals surface area contributed by atoms with E-state index in [1.165, 1.54) is 23.4 Å². The summed E-state index contributed by atoms with van der Waals surface area (Å²) < 4.78 is 5.58. The Hall–Kier alpha value is -0.450. The molecule has 0 unspecified atom stereocenters. The molecule has 2 rings (SSSR count). The van der Waals surface area contributed by atoms with Gasteiger partial charge in [-0.05, 0) is 25.2 Å². The molecule has 1 aromatic heterocycles. The fourth-order valence-electron chi connectivity index (χ4n) is 1.88. The lowest BCUT2D eigenvalue weighted by atomic mass is 10.1. The Bertz CT molecular complexity index is 372. The lowest BCUT2D eigenvalue weighted by Crippen LogP contribution is -2.15. The Morgan fingerprint density at radius 3 is 2.83 bits per heavy atom. The number of ether oxygens (including phenoxy) is 1. The van der Waals surface area contributed by atoms with E-state index in [4.69, 9.17) is 9.72 Å². The molecule has 0 aliphatic heterocycles. The van der Waals surface area contributed by atoms with Gasteiger partial charge in [-0.25, -0.2) is 4.98 Å². The Morgan fingerprint density at radius 2 is 2.22 bits per heavy atom. The molecule has 0 aromatic carbocycles. The van der Waals surface area contributed by atoms with Crippen LogP contribution in [0.1, 0.15) is 61.5 Å². The second kappa shape index (κ2) is 6.64. The molecule has 0 atom stereocenters. The Balaban J connectivity index is 1.95. The van der Waals surface area contributed by atoms with Crippen molar-refractivity contribution in [3.05, 3.63) is 15.6 Å². The summed E-state index contributed by atoms with van der Waals surface area (Å²) in [6.45, 7) is 9.03. The Labute approximate surface area is 114 Å². The zero-order chi connectivity index (χ0) is 13.0. The van der Waals surface area contributed by atoms with Gasteiger partial charge in [0.15, 0.2) is 0 Å². The standard InChI is InChI=1S/C14H24N2OS/c1-4-7-17-9-13-16-14(10(2)3)12(18-13)8-15-11-5-6-11/h10-11,15H,4-9H2,1-3H3. The first-order chi connectivity index (χ1) is 8.70. The maximum Gasteiger partial charge on any atom is 0.119 e. The molecule has 4 heteroatoms. The van der Waals surface area contributed by atoms with Crippen molar-refractivity contribution in [2.24, 2.45) is 0 Å². The fraction of sp³-hybridized carbons (Fsp3) is 0.786. The van der Waals surface area contributed by atoms with Gasteiger partial charge in [0, 0.05) is 24.1 Å². The third kappa shape index (κ3) is 4.04. The lowest BCUT2D eigenvalue weighted by molar-refractivity contribution is 0.121. The van der Waals surface area contributed by atoms with Gasteiger partial charge in [-0.2, -0.15) is 0 Å². The Kier molecular flexibility index (Phi) is 5.15. The summed E-state index contributed by atoms with van der Waals surface area (Å²) in [6, 6.07) is 0.756. The molecule has 1 saturated carbocycles. The van der Waals surface area contributed by atoms with Crippen molar-refractivity contribution in [1.82, 2.24) is 10.3 Å². The van der Waals surface area contributed by atoms with E-state index in [9.17, 15) is 0 Å². The molecule has 1 heterocycles. The van der Waals surface area contributed by atoms with Crippen LogP contribution in [0.3, 0.4) is 0 Å². The number of thiazole rings is 1. The zero-order valence-electron chi connectivity index (χ0n) is 11.7. The summed E-state index contributed by atoms with van der Waals surface area (Å²) in [5.74, 6) is 0.497. The lowest BCUT2D eigenvalue weighted by Gasteiger charge is -2.05. The van der Waals surface area contributed by atoms with Crippen LogP contribution in [0.2, 0.25) is 0 Å². The van der Waals surface area contributed by atoms with Gasteiger partial charge in [-0.15, -0.1) is 11.3 Å². The predicted molar refractivity (Wildman–Crippen MR) is 76.0 cm³/mol. The first-order valence-electron chi connectivity index (χ1n) is 7.00. The molecule has 1 aliphatic carbocycles. The number of hydrogen-bond acceptors (Lipinski definition) is 4. The summed E-state index contributed by atoms with van der Waals surface area (Å²) in [7, 11) is 0. The molecule has 1 fully saturated rings. The highest BCUT2D eigenvalue weighted by Crippen LogP contribution is 2.27. The van der Waals surface area contributed by atoms with Crippen molar-refractivity contribution in [3.63, 3.8) is 0 Å². The molecule has 0 amide bonds. The fourth-order valence-corrected chi connectivity index (χ4v) is 2.99. The second-order valence-corrected chi connectivity index (χ2v) is 6.45. The molecule has 0 bridgehead atoms. The van der Waals surface area contributed by atoms with E-state index in [1.54, 1.807) is 0 Å². The molecule has 102 valence electrons. The maximum atomic E-state index is 5.58. The molecule has 0 radical (unpaired) electrons. The van der Waals surface area contributed by atoms with E-state index in [0.29, 0.717) is 12.5 Å². The van der Waals surface area contributed by atoms with Crippen LogP contribution in [0.15, 0.2) is 0 Å². The summed E-state index contributed by atoms with van der Waals surface area (Å²) in [6.07, 6.45) is 3.74. The monoisotopic (exact) mass is 268 g/mol. The number of hydrogen-bond donors (Lipinski definition) is 1. The van der Waals surface area contributed by atoms with E-state index in [2.05, 4.69) is 26.1 Å². The van der Waals surface area contributed by atoms with Gasteiger partial charge in [0.2, 0.25) is 0 Å². The number of nitrogens with zero attached hydrogens (tertiary/aromatic N) is 1. The van der Waals surface area contributed by atoms with E-state index in [0.717, 1.165) is 30.6 Å². The van der Waals surface area contributed by atoms with Gasteiger partial charge in [0.1, 0.15) is 5.01 Å². The second-order valence-electron chi connectivity index (χ2n) is 5.28. The highest BCUT2D eigenvalue weighted by atomic mass is 32.1. The van der Waals surface area contributed by atoms with Crippen molar-refractivity contribution in [1.29, 1.82) is 0 Å². The smallest absolute Gasteiger partial charge is 0.119 e. The van der Waals surface area contributed by atoms with Crippen molar-refractivity contribution in [3.8, 4) is 0 Å². The Morgan fingerprint density at radius 1 is 1.44 bits per heavy atom. The van der Waals surface area contributed by atoms with Crippen LogP contribution in [0.25, 0.3) is 0 Å². The van der Waals surface area contributed by atoms with Crippen LogP contribution in [-0.2, 0) is 17.9 Å². The molecule has 0 saturated heterocycles. The maximum absolute atomic E-state index is 5.58. The number of rotatable bonds is 8. The van der Waals surface area contributed by atoms with Gasteiger partial charge in [0.05, 0.1) is 12.3 Å². The number of aromatic nitrogens is 1. The van der Waals surface area contributed by atoms with Gasteiger partial charge >= 0.3 is 0 Å². The molecule has 3 nitrogen and oxygen atoms in total. The molecule has 1 aliphatic rings. The highest BCUT2D eigenvalue weighted by molar-refractivity contribution is 7.11. The van der Waals surface area contributed by atoms with Crippen LogP contribution in [0.4, 0.5) is 0 Å². The minimum Gasteiger partial charge on any atom is -0.374 e. The number of nitrogens with one attached hydrogen (secondary N) is 1. The average Bonchev–Trinajstić information content (AvgIpc) is 3.07. The summed E-state index contributed by atoms with van der Waals surface area (Å²) in [5.41, 5.74) is 1.25. The molecule has 0 spiro atoms. The minimum atomic E-state index is 0.497. The topological polar surface area (TPSA) is 34.1 Å². The first-order valence-corrected chi connectivity index (χ1v) is 7.82.